The van der Waals surface area contributed by atoms with Gasteiger partial charge >= 0.3 is 0 Å². The van der Waals surface area contributed by atoms with Crippen molar-refractivity contribution in [2.45, 2.75) is 0 Å². The number of fused-ring (bicyclic) bond motifs is 6. The summed E-state index contributed by atoms with van der Waals surface area (Å²) in [6, 6.07) is 42.8. The van der Waals surface area contributed by atoms with Gasteiger partial charge in [0.05, 0.1) is 27.7 Å². The van der Waals surface area contributed by atoms with Crippen molar-refractivity contribution in [2.75, 3.05) is 0 Å². The monoisotopic (exact) mass is 724 g/mol. The summed E-state index contributed by atoms with van der Waals surface area (Å²) in [5, 5.41) is 1.73. The quantitative estimate of drug-likeness (QED) is 0.171. The Morgan fingerprint density at radius 3 is 1.62 bits per heavy atom. The van der Waals surface area contributed by atoms with E-state index in [4.69, 9.17) is 27.6 Å². The first-order valence-corrected chi connectivity index (χ1v) is 18.1. The Labute approximate surface area is 334 Å². The molecule has 0 aliphatic heterocycles. The molecule has 5 heteroatoms. The lowest BCUT2D eigenvalue weighted by atomic mass is 9.98. The predicted octanol–water partition coefficient (Wildman–Crippen LogP) is 13.2. The van der Waals surface area contributed by atoms with Gasteiger partial charge in [-0.3, -0.25) is 0 Å². The maximum absolute atomic E-state index is 9.35. The fourth-order valence-electron chi connectivity index (χ4n) is 7.50. The number of nitrogens with zero attached hydrogens (tertiary/aromatic N) is 4. The summed E-state index contributed by atoms with van der Waals surface area (Å²) in [4.78, 5) is 15.0. The van der Waals surface area contributed by atoms with Crippen molar-refractivity contribution >= 4 is 43.7 Å². The maximum Gasteiger partial charge on any atom is 0.166 e. The molecule has 11 rings (SSSR count). The van der Waals surface area contributed by atoms with Gasteiger partial charge in [-0.05, 0) is 53.0 Å². The molecule has 0 saturated heterocycles. The fraction of sp³-hybridized carbons (Fsp3) is 0. The summed E-state index contributed by atoms with van der Waals surface area (Å²) in [6.45, 7) is 0. The highest BCUT2D eigenvalue weighted by atomic mass is 16.3. The average Bonchev–Trinajstić information content (AvgIpc) is 3.91. The fourth-order valence-corrected chi connectivity index (χ4v) is 7.50. The molecule has 0 saturated carbocycles. The molecular formula is C51H32N4O. The molecule has 0 N–H and O–H groups in total. The van der Waals surface area contributed by atoms with Crippen LogP contribution in [0.5, 0.6) is 0 Å². The highest BCUT2D eigenvalue weighted by Gasteiger charge is 2.21. The molecule has 0 aliphatic carbocycles. The van der Waals surface area contributed by atoms with E-state index in [0.29, 0.717) is 39.6 Å². The zero-order chi connectivity index (χ0) is 44.0. The lowest BCUT2D eigenvalue weighted by molar-refractivity contribution is 0.670. The largest absolute Gasteiger partial charge is 0.455 e. The minimum Gasteiger partial charge on any atom is -0.455 e. The van der Waals surface area contributed by atoms with Crippen LogP contribution in [-0.2, 0) is 0 Å². The minimum atomic E-state index is -0.526. The van der Waals surface area contributed by atoms with Crippen LogP contribution in [0.2, 0.25) is 0 Å². The molecule has 0 spiro atoms. The molecule has 11 aromatic rings. The van der Waals surface area contributed by atoms with Crippen LogP contribution in [-0.4, -0.2) is 19.5 Å². The third-order valence-electron chi connectivity index (χ3n) is 10.1. The Morgan fingerprint density at radius 1 is 0.411 bits per heavy atom. The van der Waals surface area contributed by atoms with Gasteiger partial charge in [0.1, 0.15) is 11.2 Å². The van der Waals surface area contributed by atoms with Crippen molar-refractivity contribution in [1.82, 2.24) is 19.5 Å². The van der Waals surface area contributed by atoms with Crippen LogP contribution in [0.3, 0.4) is 0 Å². The summed E-state index contributed by atoms with van der Waals surface area (Å²) >= 11 is 0. The van der Waals surface area contributed by atoms with E-state index < -0.39 is 48.3 Å². The second-order valence-corrected chi connectivity index (χ2v) is 13.4. The van der Waals surface area contributed by atoms with Gasteiger partial charge in [-0.1, -0.05) is 158 Å². The van der Waals surface area contributed by atoms with Crippen LogP contribution < -0.4 is 0 Å². The van der Waals surface area contributed by atoms with Crippen molar-refractivity contribution in [3.63, 3.8) is 0 Å². The van der Waals surface area contributed by atoms with Crippen molar-refractivity contribution < 1.29 is 15.4 Å². The van der Waals surface area contributed by atoms with E-state index in [9.17, 15) is 2.74 Å². The van der Waals surface area contributed by atoms with E-state index >= 15 is 0 Å². The van der Waals surface area contributed by atoms with Gasteiger partial charge in [0.25, 0.3) is 0 Å². The van der Waals surface area contributed by atoms with Crippen LogP contribution >= 0.6 is 0 Å². The normalized spacial score (nSPS) is 13.6. The molecule has 0 bridgehead atoms. The summed E-state index contributed by atoms with van der Waals surface area (Å²) in [7, 11) is 0. The molecule has 262 valence electrons. The van der Waals surface area contributed by atoms with Gasteiger partial charge in [0, 0.05) is 43.8 Å². The zero-order valence-electron chi connectivity index (χ0n) is 37.6. The Morgan fingerprint density at radius 2 is 0.982 bits per heavy atom. The first-order chi connectivity index (χ1) is 31.1. The van der Waals surface area contributed by atoms with E-state index in [-0.39, 0.29) is 27.6 Å². The molecule has 0 fully saturated rings. The molecule has 56 heavy (non-hydrogen) atoms. The lowest BCUT2D eigenvalue weighted by Crippen LogP contribution is -2.04. The number of hydrogen-bond acceptors (Lipinski definition) is 4. The molecule has 0 aliphatic rings. The average molecular weight is 725 g/mol. The Kier molecular flexibility index (Phi) is 5.74. The minimum absolute atomic E-state index is 0.0255. The van der Waals surface area contributed by atoms with Gasteiger partial charge in [-0.2, -0.15) is 0 Å². The summed E-state index contributed by atoms with van der Waals surface area (Å²) in [6.07, 6.45) is 0. The van der Waals surface area contributed by atoms with Gasteiger partial charge in [0.15, 0.2) is 17.5 Å². The van der Waals surface area contributed by atoms with Gasteiger partial charge in [0.2, 0.25) is 0 Å². The molecule has 0 unspecified atom stereocenters. The highest BCUT2D eigenvalue weighted by molar-refractivity contribution is 6.12. The van der Waals surface area contributed by atoms with E-state index in [0.717, 1.165) is 38.6 Å². The predicted molar refractivity (Wildman–Crippen MR) is 229 cm³/mol. The molecule has 3 aromatic heterocycles. The molecular weight excluding hydrogens is 685 g/mol. The van der Waals surface area contributed by atoms with Gasteiger partial charge in [-0.15, -0.1) is 0 Å². The lowest BCUT2D eigenvalue weighted by Gasteiger charge is -2.16. The zero-order valence-corrected chi connectivity index (χ0v) is 29.6. The molecule has 0 atom stereocenters. The third-order valence-corrected chi connectivity index (χ3v) is 10.1. The standard InChI is InChI=1S/C51H32N4O/c1-4-15-33(16-5-1)36-27-29-41-42-24-14-23-38(48(42)56-47(41)32-36)37-28-30-43(46(31-37)55-44-25-12-10-21-39(44)40-22-11-13-26-45(40)55)51-53-49(34-17-6-2-7-18-34)52-50(54-51)35-19-8-3-9-20-35/h1-32H/i10D,11D,12D,13D,21D,22D,25D,26D. The molecule has 8 aromatic carbocycles. The number of furan rings is 1. The van der Waals surface area contributed by atoms with Crippen molar-refractivity contribution in [3.8, 4) is 62.1 Å². The first-order valence-electron chi connectivity index (χ1n) is 22.1. The number of rotatable bonds is 6. The van der Waals surface area contributed by atoms with Crippen LogP contribution in [0.25, 0.3) is 106 Å². The first kappa shape index (κ1) is 24.6. The summed E-state index contributed by atoms with van der Waals surface area (Å²) < 4.78 is 80.1. The van der Waals surface area contributed by atoms with Crippen LogP contribution in [0, 0.1) is 0 Å². The second kappa shape index (κ2) is 13.0. The van der Waals surface area contributed by atoms with Crippen molar-refractivity contribution in [2.24, 2.45) is 0 Å². The smallest absolute Gasteiger partial charge is 0.166 e. The SMILES string of the molecule is [2H]c1c([2H])c([2H])c2c(c1[2H])c1c([2H])c([2H])c([2H])c([2H])c1n2-c1cc(-c2cccc3c2oc2cc(-c4ccccc4)ccc23)ccc1-c1nc(-c2ccccc2)nc(-c2ccccc2)n1. The topological polar surface area (TPSA) is 56.7 Å². The number of benzene rings is 8. The summed E-state index contributed by atoms with van der Waals surface area (Å²) in [5.74, 6) is 0.987. The van der Waals surface area contributed by atoms with Crippen LogP contribution in [0.1, 0.15) is 11.0 Å². The van der Waals surface area contributed by atoms with E-state index in [1.165, 1.54) is 4.57 Å². The number of aromatic nitrogens is 4. The highest BCUT2D eigenvalue weighted by Crippen LogP contribution is 2.41. The van der Waals surface area contributed by atoms with Crippen molar-refractivity contribution in [3.05, 3.63) is 194 Å². The maximum atomic E-state index is 9.35. The molecule has 3 heterocycles. The Hall–Kier alpha value is -7.63. The van der Waals surface area contributed by atoms with Gasteiger partial charge in [-0.25, -0.2) is 15.0 Å². The Balaban J connectivity index is 1.26. The summed E-state index contributed by atoms with van der Waals surface area (Å²) in [5.41, 5.74) is 6.86. The van der Waals surface area contributed by atoms with Crippen LogP contribution in [0.4, 0.5) is 0 Å². The molecule has 5 nitrogen and oxygen atoms in total. The van der Waals surface area contributed by atoms with Crippen LogP contribution in [0.15, 0.2) is 198 Å². The second-order valence-electron chi connectivity index (χ2n) is 13.4. The van der Waals surface area contributed by atoms with E-state index in [1.54, 1.807) is 0 Å². The Bertz CT molecular complexity index is 3570. The number of para-hydroxylation sites is 3. The van der Waals surface area contributed by atoms with Crippen molar-refractivity contribution in [1.29, 1.82) is 0 Å². The third kappa shape index (κ3) is 5.29. The molecule has 0 amide bonds. The van der Waals surface area contributed by atoms with E-state index in [2.05, 4.69) is 12.1 Å². The molecule has 0 radical (unpaired) electrons. The van der Waals surface area contributed by atoms with Gasteiger partial charge < -0.3 is 8.98 Å². The number of hydrogen-bond donors (Lipinski definition) is 0. The van der Waals surface area contributed by atoms with E-state index in [1.807, 2.05) is 133 Å².